The summed E-state index contributed by atoms with van der Waals surface area (Å²) in [5, 5.41) is 11.2. The average molecular weight is 546 g/mol. The zero-order chi connectivity index (χ0) is 25.6. The van der Waals surface area contributed by atoms with E-state index in [0.29, 0.717) is 50.8 Å². The second kappa shape index (κ2) is 11.6. The Kier molecular flexibility index (Phi) is 8.86. The molecule has 0 radical (unpaired) electrons. The highest BCUT2D eigenvalue weighted by molar-refractivity contribution is 9.10. The van der Waals surface area contributed by atoms with Gasteiger partial charge in [-0.3, -0.25) is 4.79 Å². The number of Topliss-reactive ketones (excluding diaryl/α,β-unsaturated/α-hetero) is 1. The molecule has 186 valence electrons. The minimum absolute atomic E-state index is 0.0937. The van der Waals surface area contributed by atoms with Crippen molar-refractivity contribution in [2.75, 3.05) is 20.8 Å². The van der Waals surface area contributed by atoms with E-state index in [-0.39, 0.29) is 18.6 Å². The first kappa shape index (κ1) is 26.6. The Bertz CT molecular complexity index is 1200. The number of ether oxygens (including phenoxy) is 3. The van der Waals surface area contributed by atoms with E-state index in [1.54, 1.807) is 49.4 Å². The maximum absolute atomic E-state index is 13.7. The van der Waals surface area contributed by atoms with Gasteiger partial charge < -0.3 is 19.3 Å². The normalized spacial score (nSPS) is 12.7. The molecule has 0 fully saturated rings. The summed E-state index contributed by atoms with van der Waals surface area (Å²) in [6, 6.07) is 12.9. The highest BCUT2D eigenvalue weighted by atomic mass is 79.9. The molecule has 0 saturated carbocycles. The van der Waals surface area contributed by atoms with Crippen LogP contribution < -0.4 is 14.2 Å². The van der Waals surface area contributed by atoms with E-state index < -0.39 is 11.4 Å². The van der Waals surface area contributed by atoms with Crippen molar-refractivity contribution >= 4 is 21.7 Å². The molecule has 0 spiro atoms. The summed E-state index contributed by atoms with van der Waals surface area (Å²) in [6.07, 6.45) is 1.10. The molecule has 0 aliphatic carbocycles. The summed E-state index contributed by atoms with van der Waals surface area (Å²) in [6.45, 7) is 4.18. The third-order valence-corrected chi connectivity index (χ3v) is 6.22. The molecule has 0 bridgehead atoms. The van der Waals surface area contributed by atoms with Gasteiger partial charge >= 0.3 is 0 Å². The molecule has 3 rings (SSSR count). The molecule has 0 aliphatic heterocycles. The van der Waals surface area contributed by atoms with E-state index >= 15 is 0 Å². The number of hydrogen-bond acceptors (Lipinski definition) is 6. The summed E-state index contributed by atoms with van der Waals surface area (Å²) in [4.78, 5) is 17.5. The molecular weight excluding hydrogens is 517 g/mol. The predicted molar refractivity (Wildman–Crippen MR) is 136 cm³/mol. The van der Waals surface area contributed by atoms with Gasteiger partial charge in [-0.25, -0.2) is 9.37 Å². The number of methoxy groups -OCH3 is 2. The van der Waals surface area contributed by atoms with E-state index in [0.717, 1.165) is 6.42 Å². The number of hydrogen-bond donors (Lipinski definition) is 1. The number of carbonyl (C=O) groups excluding carboxylic acids is 1. The summed E-state index contributed by atoms with van der Waals surface area (Å²) >= 11 is 3.19. The van der Waals surface area contributed by atoms with E-state index in [1.165, 1.54) is 20.3 Å². The molecular formula is C27H29BrFNO5. The van der Waals surface area contributed by atoms with Gasteiger partial charge in [-0.15, -0.1) is 0 Å². The molecule has 0 aliphatic rings. The first-order valence-corrected chi connectivity index (χ1v) is 12.1. The maximum Gasteiger partial charge on any atom is 0.163 e. The minimum Gasteiger partial charge on any atom is -0.494 e. The smallest absolute Gasteiger partial charge is 0.163 e. The van der Waals surface area contributed by atoms with Crippen molar-refractivity contribution in [2.45, 2.75) is 38.7 Å². The van der Waals surface area contributed by atoms with Gasteiger partial charge in [0.05, 0.1) is 31.0 Å². The molecule has 0 amide bonds. The number of halogens is 2. The van der Waals surface area contributed by atoms with Gasteiger partial charge in [-0.1, -0.05) is 6.92 Å². The zero-order valence-corrected chi connectivity index (χ0v) is 21.8. The first-order chi connectivity index (χ1) is 16.7. The largest absolute Gasteiger partial charge is 0.494 e. The molecule has 1 atom stereocenters. The van der Waals surface area contributed by atoms with Crippen LogP contribution in [0.1, 0.15) is 49.2 Å². The second-order valence-corrected chi connectivity index (χ2v) is 9.14. The molecule has 35 heavy (non-hydrogen) atoms. The highest BCUT2D eigenvalue weighted by Gasteiger charge is 2.28. The van der Waals surface area contributed by atoms with Crippen LogP contribution in [0.2, 0.25) is 0 Å². The van der Waals surface area contributed by atoms with Crippen LogP contribution >= 0.6 is 15.9 Å². The molecule has 1 aromatic heterocycles. The lowest BCUT2D eigenvalue weighted by Crippen LogP contribution is -2.24. The van der Waals surface area contributed by atoms with Crippen LogP contribution in [0.5, 0.6) is 17.2 Å². The van der Waals surface area contributed by atoms with Crippen molar-refractivity contribution in [1.82, 2.24) is 4.98 Å². The number of ketones is 1. The number of pyridine rings is 1. The Balaban J connectivity index is 1.80. The fraction of sp³-hybridized carbons (Fsp3) is 0.333. The molecule has 6 nitrogen and oxygen atoms in total. The Morgan fingerprint density at radius 3 is 2.43 bits per heavy atom. The van der Waals surface area contributed by atoms with Crippen molar-refractivity contribution in [3.05, 3.63) is 70.1 Å². The molecule has 2 aromatic carbocycles. The van der Waals surface area contributed by atoms with E-state index in [9.17, 15) is 14.3 Å². The van der Waals surface area contributed by atoms with Crippen molar-refractivity contribution in [3.8, 4) is 28.5 Å². The molecule has 1 heterocycles. The van der Waals surface area contributed by atoms with Crippen LogP contribution in [-0.4, -0.2) is 36.7 Å². The standard InChI is InChI=1S/C27H29BrFNO5/c1-5-14-35-22-9-7-17(16-24(22)34-4)21(31)12-13-27(2,32)25-11-10-23(33-3)26(30-25)18-6-8-20(29)19(28)15-18/h6-11,15-16,32H,5,12-14H2,1-4H3. The van der Waals surface area contributed by atoms with Crippen molar-refractivity contribution in [1.29, 1.82) is 0 Å². The third-order valence-electron chi connectivity index (χ3n) is 5.61. The van der Waals surface area contributed by atoms with Gasteiger partial charge in [0.25, 0.3) is 0 Å². The maximum atomic E-state index is 13.7. The Morgan fingerprint density at radius 2 is 1.77 bits per heavy atom. The second-order valence-electron chi connectivity index (χ2n) is 8.29. The van der Waals surface area contributed by atoms with Gasteiger partial charge in [0.2, 0.25) is 0 Å². The lowest BCUT2D eigenvalue weighted by Gasteiger charge is -2.24. The quantitative estimate of drug-likeness (QED) is 0.284. The van der Waals surface area contributed by atoms with Crippen LogP contribution in [0.25, 0.3) is 11.3 Å². The Labute approximate surface area is 213 Å². The van der Waals surface area contributed by atoms with Crippen LogP contribution in [0.3, 0.4) is 0 Å². The lowest BCUT2D eigenvalue weighted by atomic mass is 9.92. The molecule has 3 aromatic rings. The molecule has 1 N–H and O–H groups in total. The number of carbonyl (C=O) groups is 1. The van der Waals surface area contributed by atoms with Gasteiger partial charge in [-0.2, -0.15) is 0 Å². The Morgan fingerprint density at radius 1 is 1.06 bits per heavy atom. The summed E-state index contributed by atoms with van der Waals surface area (Å²) < 4.78 is 30.4. The van der Waals surface area contributed by atoms with Crippen LogP contribution in [0.4, 0.5) is 4.39 Å². The van der Waals surface area contributed by atoms with Gasteiger partial charge in [0.1, 0.15) is 22.9 Å². The van der Waals surface area contributed by atoms with Gasteiger partial charge in [0, 0.05) is 17.5 Å². The van der Waals surface area contributed by atoms with E-state index in [2.05, 4.69) is 20.9 Å². The average Bonchev–Trinajstić information content (AvgIpc) is 2.87. The number of aromatic nitrogens is 1. The lowest BCUT2D eigenvalue weighted by molar-refractivity contribution is 0.0397. The molecule has 8 heteroatoms. The van der Waals surface area contributed by atoms with Gasteiger partial charge in [-0.05, 0) is 84.2 Å². The zero-order valence-electron chi connectivity index (χ0n) is 20.2. The van der Waals surface area contributed by atoms with Crippen molar-refractivity contribution in [3.63, 3.8) is 0 Å². The summed E-state index contributed by atoms with van der Waals surface area (Å²) in [5.74, 6) is 1.03. The van der Waals surface area contributed by atoms with E-state index in [4.69, 9.17) is 14.2 Å². The Hall–Kier alpha value is -2.97. The summed E-state index contributed by atoms with van der Waals surface area (Å²) in [5.41, 5.74) is 0.553. The van der Waals surface area contributed by atoms with E-state index in [1.807, 2.05) is 6.92 Å². The predicted octanol–water partition coefficient (Wildman–Crippen LogP) is 6.33. The number of aliphatic hydroxyl groups is 1. The van der Waals surface area contributed by atoms with Crippen LogP contribution in [0.15, 0.2) is 53.0 Å². The SMILES string of the molecule is CCCOc1ccc(C(=O)CCC(C)(O)c2ccc(OC)c(-c3ccc(F)c(Br)c3)n2)cc1OC. The fourth-order valence-electron chi connectivity index (χ4n) is 3.56. The van der Waals surface area contributed by atoms with Gasteiger partial charge in [0.15, 0.2) is 17.3 Å². The van der Waals surface area contributed by atoms with Crippen LogP contribution in [0, 0.1) is 5.82 Å². The van der Waals surface area contributed by atoms with Crippen LogP contribution in [-0.2, 0) is 5.60 Å². The molecule has 1 unspecified atom stereocenters. The first-order valence-electron chi connectivity index (χ1n) is 11.3. The fourth-order valence-corrected chi connectivity index (χ4v) is 3.94. The minimum atomic E-state index is -1.39. The summed E-state index contributed by atoms with van der Waals surface area (Å²) in [7, 11) is 3.04. The molecule has 0 saturated heterocycles. The van der Waals surface area contributed by atoms with Crippen molar-refractivity contribution < 1.29 is 28.5 Å². The highest BCUT2D eigenvalue weighted by Crippen LogP contribution is 2.35. The van der Waals surface area contributed by atoms with Crippen molar-refractivity contribution in [2.24, 2.45) is 0 Å². The number of nitrogens with zero attached hydrogens (tertiary/aromatic N) is 1. The number of benzene rings is 2. The number of rotatable bonds is 11. The third kappa shape index (κ3) is 6.38. The monoisotopic (exact) mass is 545 g/mol. The topological polar surface area (TPSA) is 77.9 Å².